The molecule has 138 valence electrons. The number of rotatable bonds is 3. The Labute approximate surface area is 162 Å². The van der Waals surface area contributed by atoms with E-state index >= 15 is 0 Å². The zero-order valence-corrected chi connectivity index (χ0v) is 16.5. The van der Waals surface area contributed by atoms with Crippen LogP contribution in [0.4, 0.5) is 5.00 Å². The number of carbonyl (C=O) groups excluding carboxylic acids is 1. The fourth-order valence-electron chi connectivity index (χ4n) is 4.41. The van der Waals surface area contributed by atoms with Gasteiger partial charge in [-0.2, -0.15) is 11.8 Å². The number of carbonyl (C=O) groups is 1. The van der Waals surface area contributed by atoms with Gasteiger partial charge in [0.05, 0.1) is 5.00 Å². The van der Waals surface area contributed by atoms with E-state index in [1.54, 1.807) is 11.3 Å². The standard InChI is InChI=1S/C19H24N4OS2/c24-19(21-15-7-13-1-2-22(11-13)12-15)16-9-17-14(10-20-16)8-18(26-17)23-3-5-25-6-4-23/h8-10,13,15H,1-7,11-12H2,(H,21,24)/t13-,15+/m0/s1. The van der Waals surface area contributed by atoms with Crippen molar-refractivity contribution in [2.24, 2.45) is 5.92 Å². The number of thiophene rings is 1. The number of piperidine rings is 1. The van der Waals surface area contributed by atoms with Gasteiger partial charge < -0.3 is 15.1 Å². The van der Waals surface area contributed by atoms with Crippen LogP contribution in [-0.2, 0) is 0 Å². The highest BCUT2D eigenvalue weighted by Crippen LogP contribution is 2.34. The molecule has 0 saturated carbocycles. The Bertz CT molecular complexity index is 805. The molecule has 0 radical (unpaired) electrons. The van der Waals surface area contributed by atoms with Crippen LogP contribution in [0.25, 0.3) is 10.1 Å². The van der Waals surface area contributed by atoms with E-state index in [-0.39, 0.29) is 11.9 Å². The molecule has 3 fully saturated rings. The van der Waals surface area contributed by atoms with Crippen molar-refractivity contribution in [2.45, 2.75) is 18.9 Å². The number of thioether (sulfide) groups is 1. The summed E-state index contributed by atoms with van der Waals surface area (Å²) in [6, 6.07) is 4.46. The molecule has 5 rings (SSSR count). The van der Waals surface area contributed by atoms with Crippen LogP contribution in [0.2, 0.25) is 0 Å². The maximum Gasteiger partial charge on any atom is 0.270 e. The monoisotopic (exact) mass is 388 g/mol. The number of pyridine rings is 1. The normalized spacial score (nSPS) is 28.5. The minimum Gasteiger partial charge on any atom is -0.362 e. The van der Waals surface area contributed by atoms with Crippen molar-refractivity contribution in [1.82, 2.24) is 15.2 Å². The van der Waals surface area contributed by atoms with Gasteiger partial charge in [0.2, 0.25) is 0 Å². The van der Waals surface area contributed by atoms with Gasteiger partial charge in [0.1, 0.15) is 5.69 Å². The number of hydrogen-bond acceptors (Lipinski definition) is 6. The second-order valence-corrected chi connectivity index (χ2v) is 9.90. The Morgan fingerprint density at radius 1 is 1.19 bits per heavy atom. The third kappa shape index (κ3) is 3.32. The summed E-state index contributed by atoms with van der Waals surface area (Å²) in [7, 11) is 0. The van der Waals surface area contributed by atoms with Gasteiger partial charge in [0.15, 0.2) is 0 Å². The maximum atomic E-state index is 12.7. The summed E-state index contributed by atoms with van der Waals surface area (Å²) in [5, 5.41) is 5.66. The minimum atomic E-state index is -0.0243. The van der Waals surface area contributed by atoms with Gasteiger partial charge in [-0.15, -0.1) is 11.3 Å². The number of anilines is 1. The highest BCUT2D eigenvalue weighted by molar-refractivity contribution is 7.99. The summed E-state index contributed by atoms with van der Waals surface area (Å²) in [5.41, 5.74) is 0.549. The first kappa shape index (κ1) is 16.8. The molecule has 2 aromatic rings. The Hall–Kier alpha value is -1.31. The molecule has 3 saturated heterocycles. The highest BCUT2D eigenvalue weighted by atomic mass is 32.2. The lowest BCUT2D eigenvalue weighted by molar-refractivity contribution is 0.0904. The number of nitrogens with one attached hydrogen (secondary N) is 1. The quantitative estimate of drug-likeness (QED) is 0.876. The van der Waals surface area contributed by atoms with Crippen LogP contribution in [0.3, 0.4) is 0 Å². The zero-order chi connectivity index (χ0) is 17.5. The first-order valence-corrected chi connectivity index (χ1v) is 11.5. The molecule has 1 unspecified atom stereocenters. The summed E-state index contributed by atoms with van der Waals surface area (Å²) in [4.78, 5) is 22.1. The summed E-state index contributed by atoms with van der Waals surface area (Å²) >= 11 is 3.80. The predicted molar refractivity (Wildman–Crippen MR) is 110 cm³/mol. The molecule has 3 atom stereocenters. The van der Waals surface area contributed by atoms with E-state index in [0.29, 0.717) is 5.69 Å². The predicted octanol–water partition coefficient (Wildman–Crippen LogP) is 2.67. The van der Waals surface area contributed by atoms with Crippen LogP contribution < -0.4 is 10.2 Å². The molecule has 7 heteroatoms. The van der Waals surface area contributed by atoms with E-state index in [4.69, 9.17) is 0 Å². The van der Waals surface area contributed by atoms with Crippen molar-refractivity contribution < 1.29 is 4.79 Å². The van der Waals surface area contributed by atoms with Crippen molar-refractivity contribution >= 4 is 44.1 Å². The molecule has 26 heavy (non-hydrogen) atoms. The van der Waals surface area contributed by atoms with Crippen molar-refractivity contribution in [1.29, 1.82) is 0 Å². The molecule has 0 aliphatic carbocycles. The molecule has 1 amide bonds. The Kier molecular flexibility index (Phi) is 4.54. The largest absolute Gasteiger partial charge is 0.362 e. The van der Waals surface area contributed by atoms with Crippen molar-refractivity contribution in [2.75, 3.05) is 49.1 Å². The van der Waals surface area contributed by atoms with Gasteiger partial charge in [-0.05, 0) is 37.4 Å². The molecule has 2 bridgehead atoms. The second kappa shape index (κ2) is 7.02. The number of aromatic nitrogens is 1. The van der Waals surface area contributed by atoms with E-state index < -0.39 is 0 Å². The summed E-state index contributed by atoms with van der Waals surface area (Å²) < 4.78 is 1.16. The van der Waals surface area contributed by atoms with Gasteiger partial charge in [-0.1, -0.05) is 0 Å². The average Bonchev–Trinajstić information content (AvgIpc) is 3.24. The Morgan fingerprint density at radius 3 is 2.92 bits per heavy atom. The lowest BCUT2D eigenvalue weighted by Crippen LogP contribution is -2.47. The lowest BCUT2D eigenvalue weighted by Gasteiger charge is -2.30. The third-order valence-electron chi connectivity index (χ3n) is 5.75. The van der Waals surface area contributed by atoms with Crippen LogP contribution in [0, 0.1) is 5.92 Å². The Balaban J connectivity index is 1.31. The van der Waals surface area contributed by atoms with Gasteiger partial charge in [0.25, 0.3) is 5.91 Å². The van der Waals surface area contributed by atoms with E-state index in [0.717, 1.165) is 42.1 Å². The molecule has 3 aliphatic heterocycles. The minimum absolute atomic E-state index is 0.0243. The topological polar surface area (TPSA) is 48.5 Å². The zero-order valence-electron chi connectivity index (χ0n) is 14.8. The van der Waals surface area contributed by atoms with Crippen LogP contribution in [0.1, 0.15) is 23.3 Å². The highest BCUT2D eigenvalue weighted by Gasteiger charge is 2.33. The van der Waals surface area contributed by atoms with Crippen LogP contribution in [0.15, 0.2) is 18.3 Å². The van der Waals surface area contributed by atoms with E-state index in [1.807, 2.05) is 24.0 Å². The third-order valence-corrected chi connectivity index (χ3v) is 7.85. The first-order chi connectivity index (χ1) is 12.7. The maximum absolute atomic E-state index is 12.7. The average molecular weight is 389 g/mol. The SMILES string of the molecule is O=C(N[C@@H]1C[C@@H]2CCN(C2)C1)c1cc2sc(N3CCSCC3)cc2cn1. The fourth-order valence-corrected chi connectivity index (χ4v) is 6.43. The number of amides is 1. The molecule has 0 aromatic carbocycles. The Morgan fingerprint density at radius 2 is 2.08 bits per heavy atom. The number of nitrogens with zero attached hydrogens (tertiary/aromatic N) is 3. The first-order valence-electron chi connectivity index (χ1n) is 9.50. The summed E-state index contributed by atoms with van der Waals surface area (Å²) in [5.74, 6) is 3.12. The lowest BCUT2D eigenvalue weighted by atomic mass is 9.97. The molecule has 2 aromatic heterocycles. The molecular formula is C19H24N4OS2. The second-order valence-electron chi connectivity index (χ2n) is 7.61. The fraction of sp³-hybridized carbons (Fsp3) is 0.579. The molecule has 1 N–H and O–H groups in total. The van der Waals surface area contributed by atoms with Crippen LogP contribution in [-0.4, -0.2) is 66.1 Å². The van der Waals surface area contributed by atoms with Crippen LogP contribution in [0.5, 0.6) is 0 Å². The van der Waals surface area contributed by atoms with Crippen LogP contribution >= 0.6 is 23.1 Å². The van der Waals surface area contributed by atoms with Gasteiger partial charge in [-0.25, -0.2) is 0 Å². The summed E-state index contributed by atoms with van der Waals surface area (Å²) in [6.07, 6.45) is 4.25. The van der Waals surface area contributed by atoms with Crippen molar-refractivity contribution in [3.63, 3.8) is 0 Å². The molecule has 5 heterocycles. The van der Waals surface area contributed by atoms with Gasteiger partial charge in [-0.3, -0.25) is 9.78 Å². The molecule has 3 aliphatic rings. The summed E-state index contributed by atoms with van der Waals surface area (Å²) in [6.45, 7) is 5.60. The van der Waals surface area contributed by atoms with Gasteiger partial charge >= 0.3 is 0 Å². The molecular weight excluding hydrogens is 364 g/mol. The van der Waals surface area contributed by atoms with Gasteiger partial charge in [0, 0.05) is 60.0 Å². The van der Waals surface area contributed by atoms with Crippen molar-refractivity contribution in [3.05, 3.63) is 24.0 Å². The number of hydrogen-bond donors (Lipinski definition) is 1. The van der Waals surface area contributed by atoms with E-state index in [9.17, 15) is 4.79 Å². The number of fused-ring (bicyclic) bond motifs is 3. The smallest absolute Gasteiger partial charge is 0.270 e. The molecule has 0 spiro atoms. The van der Waals surface area contributed by atoms with E-state index in [1.165, 1.54) is 36.0 Å². The molecule has 5 nitrogen and oxygen atoms in total. The van der Waals surface area contributed by atoms with Crippen molar-refractivity contribution in [3.8, 4) is 0 Å². The van der Waals surface area contributed by atoms with E-state index in [2.05, 4.69) is 26.2 Å².